The molecule has 0 aliphatic rings. The van der Waals surface area contributed by atoms with Gasteiger partial charge in [0, 0.05) is 11.2 Å². The summed E-state index contributed by atoms with van der Waals surface area (Å²) in [4.78, 5) is 3.79. The lowest BCUT2D eigenvalue weighted by Gasteiger charge is -2.08. The first-order valence-electron chi connectivity index (χ1n) is 5.53. The van der Waals surface area contributed by atoms with E-state index in [0.717, 1.165) is 18.3 Å². The van der Waals surface area contributed by atoms with Gasteiger partial charge in [-0.3, -0.25) is 9.71 Å². The Bertz CT molecular complexity index is 774. The Labute approximate surface area is 131 Å². The lowest BCUT2D eigenvalue weighted by Crippen LogP contribution is -2.15. The van der Waals surface area contributed by atoms with E-state index in [1.54, 1.807) is 0 Å². The fourth-order valence-corrected chi connectivity index (χ4v) is 2.84. The van der Waals surface area contributed by atoms with Crippen molar-refractivity contribution in [1.82, 2.24) is 4.98 Å². The fraction of sp³-hybridized carbons (Fsp3) is 0. The minimum atomic E-state index is -3.91. The topological polar surface area (TPSA) is 85.1 Å². The maximum atomic E-state index is 13.2. The fourth-order valence-electron chi connectivity index (χ4n) is 1.51. The summed E-state index contributed by atoms with van der Waals surface area (Å²) in [6.45, 7) is 0. The number of benzene rings is 1. The molecule has 0 spiro atoms. The summed E-state index contributed by atoms with van der Waals surface area (Å²) >= 11 is 10.4. The highest BCUT2D eigenvalue weighted by Crippen LogP contribution is 2.21. The highest BCUT2D eigenvalue weighted by Gasteiger charge is 2.15. The molecule has 0 radical (unpaired) electrons. The van der Waals surface area contributed by atoms with E-state index >= 15 is 0 Å². The number of nitrogens with two attached hydrogens (primary N) is 1. The molecule has 0 aliphatic carbocycles. The summed E-state index contributed by atoms with van der Waals surface area (Å²) in [5, 5.41) is 0.0784. The molecule has 110 valence electrons. The lowest BCUT2D eigenvalue weighted by atomic mass is 10.3. The minimum absolute atomic E-state index is 0.0124. The maximum Gasteiger partial charge on any atom is 0.263 e. The minimum Gasteiger partial charge on any atom is -0.388 e. The zero-order chi connectivity index (χ0) is 15.6. The standard InChI is InChI=1S/C12H9ClFN3O2S2/c13-7-3-8(14)5-9(4-7)17-21(18,19)10-1-2-11(12(15)20)16-6-10/h1-6,17H,(H2,15,20). The Morgan fingerprint density at radius 1 is 1.33 bits per heavy atom. The Balaban J connectivity index is 2.31. The van der Waals surface area contributed by atoms with Gasteiger partial charge >= 0.3 is 0 Å². The number of pyridine rings is 1. The number of nitrogens with zero attached hydrogens (tertiary/aromatic N) is 1. The second-order valence-corrected chi connectivity index (χ2v) is 6.57. The number of hydrogen-bond acceptors (Lipinski definition) is 4. The Morgan fingerprint density at radius 3 is 2.57 bits per heavy atom. The lowest BCUT2D eigenvalue weighted by molar-refractivity contribution is 0.600. The van der Waals surface area contributed by atoms with Crippen molar-refractivity contribution in [3.05, 3.63) is 53.1 Å². The van der Waals surface area contributed by atoms with E-state index < -0.39 is 15.8 Å². The third-order valence-corrected chi connectivity index (χ3v) is 4.21. The number of halogens is 2. The van der Waals surface area contributed by atoms with Crippen LogP contribution in [0.3, 0.4) is 0 Å². The van der Waals surface area contributed by atoms with Crippen molar-refractivity contribution in [1.29, 1.82) is 0 Å². The molecule has 0 amide bonds. The molecule has 0 bridgehead atoms. The summed E-state index contributed by atoms with van der Waals surface area (Å²) in [7, 11) is -3.91. The zero-order valence-corrected chi connectivity index (χ0v) is 12.8. The van der Waals surface area contributed by atoms with E-state index in [1.165, 1.54) is 18.2 Å². The smallest absolute Gasteiger partial charge is 0.263 e. The van der Waals surface area contributed by atoms with Gasteiger partial charge in [0.05, 0.1) is 11.4 Å². The van der Waals surface area contributed by atoms with Crippen LogP contribution >= 0.6 is 23.8 Å². The normalized spacial score (nSPS) is 11.1. The molecule has 1 heterocycles. The third kappa shape index (κ3) is 3.87. The van der Waals surface area contributed by atoms with Crippen LogP contribution in [0.15, 0.2) is 41.4 Å². The number of anilines is 1. The van der Waals surface area contributed by atoms with Gasteiger partial charge < -0.3 is 5.73 Å². The molecule has 2 aromatic rings. The van der Waals surface area contributed by atoms with E-state index in [2.05, 4.69) is 9.71 Å². The van der Waals surface area contributed by atoms with Crippen molar-refractivity contribution < 1.29 is 12.8 Å². The number of thiocarbonyl (C=S) groups is 1. The highest BCUT2D eigenvalue weighted by atomic mass is 35.5. The molecule has 1 aromatic carbocycles. The molecular weight excluding hydrogens is 337 g/mol. The second kappa shape index (κ2) is 5.92. The van der Waals surface area contributed by atoms with Crippen molar-refractivity contribution in [2.75, 3.05) is 4.72 Å². The predicted molar refractivity (Wildman–Crippen MR) is 82.3 cm³/mol. The first-order chi connectivity index (χ1) is 9.78. The molecule has 5 nitrogen and oxygen atoms in total. The Hall–Kier alpha value is -1.77. The predicted octanol–water partition coefficient (Wildman–Crippen LogP) is 2.31. The van der Waals surface area contributed by atoms with Crippen molar-refractivity contribution in [3.63, 3.8) is 0 Å². The molecule has 3 N–H and O–H groups in total. The zero-order valence-electron chi connectivity index (χ0n) is 10.4. The monoisotopic (exact) mass is 345 g/mol. The van der Waals surface area contributed by atoms with Gasteiger partial charge in [-0.1, -0.05) is 23.8 Å². The molecule has 1 aromatic heterocycles. The van der Waals surface area contributed by atoms with Gasteiger partial charge in [0.1, 0.15) is 15.7 Å². The third-order valence-electron chi connectivity index (χ3n) is 2.41. The van der Waals surface area contributed by atoms with Crippen LogP contribution in [0.25, 0.3) is 0 Å². The van der Waals surface area contributed by atoms with Gasteiger partial charge in [-0.2, -0.15) is 0 Å². The average Bonchev–Trinajstić information content (AvgIpc) is 2.37. The number of sulfonamides is 1. The van der Waals surface area contributed by atoms with E-state index in [-0.39, 0.29) is 20.6 Å². The average molecular weight is 346 g/mol. The van der Waals surface area contributed by atoms with Gasteiger partial charge in [0.15, 0.2) is 0 Å². The van der Waals surface area contributed by atoms with Crippen LogP contribution in [-0.4, -0.2) is 18.4 Å². The SMILES string of the molecule is NC(=S)c1ccc(S(=O)(=O)Nc2cc(F)cc(Cl)c2)cn1. The van der Waals surface area contributed by atoms with E-state index in [4.69, 9.17) is 29.6 Å². The van der Waals surface area contributed by atoms with Crippen molar-refractivity contribution in [3.8, 4) is 0 Å². The number of hydrogen-bond donors (Lipinski definition) is 2. The molecule has 0 aliphatic heterocycles. The molecule has 2 rings (SSSR count). The molecular formula is C12H9ClFN3O2S2. The summed E-state index contributed by atoms with van der Waals surface area (Å²) in [6, 6.07) is 6.05. The Morgan fingerprint density at radius 2 is 2.05 bits per heavy atom. The van der Waals surface area contributed by atoms with Gasteiger partial charge in [0.2, 0.25) is 0 Å². The van der Waals surface area contributed by atoms with E-state index in [0.29, 0.717) is 5.69 Å². The van der Waals surface area contributed by atoms with Crippen molar-refractivity contribution >= 4 is 44.5 Å². The first kappa shape index (κ1) is 15.6. The molecule has 9 heteroatoms. The molecule has 21 heavy (non-hydrogen) atoms. The summed E-state index contributed by atoms with van der Waals surface area (Å²) in [5.74, 6) is -0.651. The van der Waals surface area contributed by atoms with Crippen LogP contribution < -0.4 is 10.5 Å². The molecule has 0 unspecified atom stereocenters. The maximum absolute atomic E-state index is 13.2. The summed E-state index contributed by atoms with van der Waals surface area (Å²) in [5.41, 5.74) is 5.69. The van der Waals surface area contributed by atoms with Gasteiger partial charge in [-0.15, -0.1) is 0 Å². The second-order valence-electron chi connectivity index (χ2n) is 4.01. The quantitative estimate of drug-likeness (QED) is 0.830. The molecule has 0 saturated heterocycles. The summed E-state index contributed by atoms with van der Waals surface area (Å²) in [6.07, 6.45) is 1.11. The number of aromatic nitrogens is 1. The highest BCUT2D eigenvalue weighted by molar-refractivity contribution is 7.92. The van der Waals surface area contributed by atoms with E-state index in [9.17, 15) is 12.8 Å². The molecule has 0 fully saturated rings. The largest absolute Gasteiger partial charge is 0.388 e. The number of rotatable bonds is 4. The van der Waals surface area contributed by atoms with Crippen LogP contribution in [-0.2, 0) is 10.0 Å². The van der Waals surface area contributed by atoms with Gasteiger partial charge in [0.25, 0.3) is 10.0 Å². The van der Waals surface area contributed by atoms with Crippen LogP contribution in [0.1, 0.15) is 5.69 Å². The summed E-state index contributed by atoms with van der Waals surface area (Å²) < 4.78 is 39.6. The Kier molecular flexibility index (Phi) is 4.40. The van der Waals surface area contributed by atoms with Crippen LogP contribution in [0, 0.1) is 5.82 Å². The van der Waals surface area contributed by atoms with Crippen LogP contribution in [0.4, 0.5) is 10.1 Å². The molecule has 0 atom stereocenters. The van der Waals surface area contributed by atoms with E-state index in [1.807, 2.05) is 0 Å². The number of nitrogens with one attached hydrogen (secondary N) is 1. The van der Waals surface area contributed by atoms with Crippen molar-refractivity contribution in [2.45, 2.75) is 4.90 Å². The van der Waals surface area contributed by atoms with Crippen LogP contribution in [0.2, 0.25) is 5.02 Å². The molecule has 0 saturated carbocycles. The van der Waals surface area contributed by atoms with Gasteiger partial charge in [-0.25, -0.2) is 12.8 Å². The van der Waals surface area contributed by atoms with Crippen LogP contribution in [0.5, 0.6) is 0 Å². The van der Waals surface area contributed by atoms with Crippen molar-refractivity contribution in [2.24, 2.45) is 5.73 Å². The first-order valence-corrected chi connectivity index (χ1v) is 7.79. The van der Waals surface area contributed by atoms with Gasteiger partial charge in [-0.05, 0) is 30.3 Å².